The lowest BCUT2D eigenvalue weighted by atomic mass is 10.3. The lowest BCUT2D eigenvalue weighted by Gasteiger charge is -2.23. The predicted molar refractivity (Wildman–Crippen MR) is 41.9 cm³/mol. The average molecular weight is 144 g/mol. The smallest absolute Gasteiger partial charge is 0.0645 e. The molecule has 1 aliphatic rings. The highest BCUT2D eigenvalue weighted by Crippen LogP contribution is 2.27. The van der Waals surface area contributed by atoms with Crippen LogP contribution in [0.1, 0.15) is 6.42 Å². The normalized spacial score (nSPS) is 25.1. The molecule has 2 heteroatoms. The zero-order valence-electron chi connectivity index (χ0n) is 5.51. The fourth-order valence-corrected chi connectivity index (χ4v) is 1.46. The van der Waals surface area contributed by atoms with Crippen molar-refractivity contribution in [1.29, 1.82) is 0 Å². The van der Waals surface area contributed by atoms with E-state index >= 15 is 0 Å². The molecule has 9 heavy (non-hydrogen) atoms. The summed E-state index contributed by atoms with van der Waals surface area (Å²) in [5.74, 6) is 1.32. The maximum Gasteiger partial charge on any atom is 0.0645 e. The Bertz CT molecular complexity index is 88.9. The molecule has 1 unspecified atom stereocenters. The molecular formula is C7H12OS. The Labute approximate surface area is 60.5 Å². The average Bonchev–Trinajstić information content (AvgIpc) is 1.76. The van der Waals surface area contributed by atoms with Crippen LogP contribution in [0.4, 0.5) is 0 Å². The molecule has 0 aromatic rings. The maximum atomic E-state index is 5.25. The first kappa shape index (κ1) is 7.16. The van der Waals surface area contributed by atoms with Crippen molar-refractivity contribution >= 4 is 11.8 Å². The zero-order valence-corrected chi connectivity index (χ0v) is 6.32. The van der Waals surface area contributed by atoms with Crippen molar-refractivity contribution in [1.82, 2.24) is 0 Å². The Balaban J connectivity index is 1.85. The fourth-order valence-electron chi connectivity index (χ4n) is 0.699. The molecule has 0 saturated carbocycles. The Morgan fingerprint density at radius 3 is 3.00 bits per heavy atom. The van der Waals surface area contributed by atoms with Crippen molar-refractivity contribution in [2.24, 2.45) is 0 Å². The molecule has 0 aliphatic carbocycles. The Hall–Kier alpha value is 0.0500. The molecule has 1 atom stereocenters. The minimum absolute atomic E-state index is 0.705. The van der Waals surface area contributed by atoms with Gasteiger partial charge in [0, 0.05) is 5.25 Å². The SMILES string of the molecule is C=CCOCC1CCS1. The summed E-state index contributed by atoms with van der Waals surface area (Å²) in [5, 5.41) is 0.782. The molecule has 0 aromatic heterocycles. The van der Waals surface area contributed by atoms with Crippen molar-refractivity contribution in [3.05, 3.63) is 12.7 Å². The predicted octanol–water partition coefficient (Wildman–Crippen LogP) is 1.69. The maximum absolute atomic E-state index is 5.25. The van der Waals surface area contributed by atoms with E-state index < -0.39 is 0 Å². The molecule has 52 valence electrons. The first-order valence-electron chi connectivity index (χ1n) is 3.23. The van der Waals surface area contributed by atoms with Gasteiger partial charge in [-0.2, -0.15) is 11.8 Å². The second-order valence-corrected chi connectivity index (χ2v) is 3.52. The van der Waals surface area contributed by atoms with E-state index in [9.17, 15) is 0 Å². The molecule has 1 rings (SSSR count). The molecule has 0 amide bonds. The largest absolute Gasteiger partial charge is 0.376 e. The third-order valence-electron chi connectivity index (χ3n) is 1.33. The molecule has 0 radical (unpaired) electrons. The molecule has 1 nitrogen and oxygen atoms in total. The van der Waals surface area contributed by atoms with E-state index in [1.54, 1.807) is 6.08 Å². The van der Waals surface area contributed by atoms with Gasteiger partial charge in [-0.05, 0) is 12.2 Å². The molecule has 1 fully saturated rings. The van der Waals surface area contributed by atoms with E-state index in [4.69, 9.17) is 4.74 Å². The first-order valence-corrected chi connectivity index (χ1v) is 4.28. The van der Waals surface area contributed by atoms with E-state index in [0.29, 0.717) is 6.61 Å². The third kappa shape index (κ3) is 2.41. The lowest BCUT2D eigenvalue weighted by molar-refractivity contribution is 0.160. The van der Waals surface area contributed by atoms with Crippen molar-refractivity contribution < 1.29 is 4.74 Å². The standard InChI is InChI=1S/C7H12OS/c1-2-4-8-6-7-3-5-9-7/h2,7H,1,3-6H2. The van der Waals surface area contributed by atoms with Gasteiger partial charge in [0.15, 0.2) is 0 Å². The number of ether oxygens (including phenoxy) is 1. The second kappa shape index (κ2) is 3.96. The van der Waals surface area contributed by atoms with Crippen LogP contribution in [-0.2, 0) is 4.74 Å². The highest BCUT2D eigenvalue weighted by Gasteiger charge is 2.17. The molecule has 0 aromatic carbocycles. The van der Waals surface area contributed by atoms with E-state index in [1.165, 1.54) is 12.2 Å². The summed E-state index contributed by atoms with van der Waals surface area (Å²) in [6.45, 7) is 5.19. The highest BCUT2D eigenvalue weighted by molar-refractivity contribution is 8.01. The topological polar surface area (TPSA) is 9.23 Å². The Kier molecular flexibility index (Phi) is 3.15. The van der Waals surface area contributed by atoms with Gasteiger partial charge in [-0.15, -0.1) is 6.58 Å². The summed E-state index contributed by atoms with van der Waals surface area (Å²) in [7, 11) is 0. The highest BCUT2D eigenvalue weighted by atomic mass is 32.2. The van der Waals surface area contributed by atoms with Gasteiger partial charge in [-0.25, -0.2) is 0 Å². The molecule has 1 saturated heterocycles. The second-order valence-electron chi connectivity index (χ2n) is 2.11. The van der Waals surface area contributed by atoms with Gasteiger partial charge in [0.2, 0.25) is 0 Å². The summed E-state index contributed by atoms with van der Waals surface area (Å²) in [5.41, 5.74) is 0. The van der Waals surface area contributed by atoms with Crippen molar-refractivity contribution in [2.75, 3.05) is 19.0 Å². The van der Waals surface area contributed by atoms with Gasteiger partial charge in [-0.1, -0.05) is 6.08 Å². The summed E-state index contributed by atoms with van der Waals surface area (Å²) in [6.07, 6.45) is 3.13. The summed E-state index contributed by atoms with van der Waals surface area (Å²) in [4.78, 5) is 0. The number of rotatable bonds is 4. The monoisotopic (exact) mass is 144 g/mol. The molecule has 0 N–H and O–H groups in total. The first-order chi connectivity index (χ1) is 4.43. The minimum atomic E-state index is 0.705. The number of hydrogen-bond acceptors (Lipinski definition) is 2. The van der Waals surface area contributed by atoms with Gasteiger partial charge in [0.05, 0.1) is 13.2 Å². The Morgan fingerprint density at radius 2 is 2.56 bits per heavy atom. The van der Waals surface area contributed by atoms with Gasteiger partial charge in [-0.3, -0.25) is 0 Å². The van der Waals surface area contributed by atoms with Crippen LogP contribution in [0.5, 0.6) is 0 Å². The van der Waals surface area contributed by atoms with E-state index in [-0.39, 0.29) is 0 Å². The van der Waals surface area contributed by atoms with Crippen LogP contribution in [-0.4, -0.2) is 24.2 Å². The van der Waals surface area contributed by atoms with Gasteiger partial charge in [0.1, 0.15) is 0 Å². The molecule has 0 spiro atoms. The quantitative estimate of drug-likeness (QED) is 0.438. The fraction of sp³-hybridized carbons (Fsp3) is 0.714. The molecular weight excluding hydrogens is 132 g/mol. The van der Waals surface area contributed by atoms with Crippen molar-refractivity contribution in [3.8, 4) is 0 Å². The van der Waals surface area contributed by atoms with Crippen LogP contribution in [0.25, 0.3) is 0 Å². The summed E-state index contributed by atoms with van der Waals surface area (Å²) < 4.78 is 5.25. The van der Waals surface area contributed by atoms with Crippen LogP contribution >= 0.6 is 11.8 Å². The van der Waals surface area contributed by atoms with Crippen LogP contribution in [0.15, 0.2) is 12.7 Å². The van der Waals surface area contributed by atoms with Crippen molar-refractivity contribution in [3.63, 3.8) is 0 Å². The van der Waals surface area contributed by atoms with Crippen LogP contribution in [0, 0.1) is 0 Å². The van der Waals surface area contributed by atoms with E-state index in [2.05, 4.69) is 6.58 Å². The Morgan fingerprint density at radius 1 is 1.78 bits per heavy atom. The van der Waals surface area contributed by atoms with Gasteiger partial charge < -0.3 is 4.74 Å². The third-order valence-corrected chi connectivity index (χ3v) is 2.65. The molecule has 1 aliphatic heterocycles. The van der Waals surface area contributed by atoms with Crippen molar-refractivity contribution in [2.45, 2.75) is 11.7 Å². The van der Waals surface area contributed by atoms with E-state index in [1.807, 2.05) is 11.8 Å². The zero-order chi connectivity index (χ0) is 6.53. The summed E-state index contributed by atoms with van der Waals surface area (Å²) >= 11 is 2.00. The summed E-state index contributed by atoms with van der Waals surface area (Å²) in [6, 6.07) is 0. The van der Waals surface area contributed by atoms with E-state index in [0.717, 1.165) is 11.9 Å². The number of hydrogen-bond donors (Lipinski definition) is 0. The molecule has 0 bridgehead atoms. The van der Waals surface area contributed by atoms with Crippen LogP contribution in [0.3, 0.4) is 0 Å². The van der Waals surface area contributed by atoms with Gasteiger partial charge >= 0.3 is 0 Å². The van der Waals surface area contributed by atoms with Gasteiger partial charge in [0.25, 0.3) is 0 Å². The van der Waals surface area contributed by atoms with Crippen LogP contribution < -0.4 is 0 Å². The number of thioether (sulfide) groups is 1. The lowest BCUT2D eigenvalue weighted by Crippen LogP contribution is -2.21. The minimum Gasteiger partial charge on any atom is -0.376 e. The van der Waals surface area contributed by atoms with Crippen LogP contribution in [0.2, 0.25) is 0 Å². The molecule has 1 heterocycles.